The highest BCUT2D eigenvalue weighted by molar-refractivity contribution is 6.23. The van der Waals surface area contributed by atoms with Crippen molar-refractivity contribution in [2.75, 3.05) is 37.6 Å². The fraction of sp³-hybridized carbons (Fsp3) is 0.467. The monoisotopic (exact) mass is 508 g/mol. The molecular weight excluding hydrogens is 468 g/mol. The van der Waals surface area contributed by atoms with E-state index in [1.54, 1.807) is 26.4 Å². The normalized spacial score (nSPS) is 14.9. The molecule has 0 amide bonds. The minimum Gasteiger partial charge on any atom is -0.497 e. The summed E-state index contributed by atoms with van der Waals surface area (Å²) in [5, 5.41) is 3.35. The summed E-state index contributed by atoms with van der Waals surface area (Å²) < 4.78 is 16.0. The first kappa shape index (κ1) is 28.1. The average molecular weight is 509 g/mol. The molecule has 200 valence electrons. The van der Waals surface area contributed by atoms with Crippen LogP contribution in [-0.2, 0) is 19.7 Å². The van der Waals surface area contributed by atoms with Crippen LogP contribution in [0.5, 0.6) is 11.5 Å². The largest absolute Gasteiger partial charge is 0.497 e. The Kier molecular flexibility index (Phi) is 9.61. The van der Waals surface area contributed by atoms with Crippen LogP contribution in [0.15, 0.2) is 53.9 Å². The van der Waals surface area contributed by atoms with Gasteiger partial charge in [-0.15, -0.1) is 0 Å². The molecule has 7 nitrogen and oxygen atoms in total. The van der Waals surface area contributed by atoms with Gasteiger partial charge in [-0.05, 0) is 41.7 Å². The number of carbonyl (C=O) groups excluding carboxylic acids is 2. The number of unbranched alkanes of at least 4 members (excludes halogenated alkanes) is 4. The highest BCUT2D eigenvalue weighted by atomic mass is 16.5. The van der Waals surface area contributed by atoms with Crippen LogP contribution in [0.1, 0.15) is 65.4 Å². The van der Waals surface area contributed by atoms with E-state index in [1.165, 1.54) is 12.0 Å². The van der Waals surface area contributed by atoms with Crippen molar-refractivity contribution in [3.8, 4) is 11.5 Å². The molecule has 0 aliphatic carbocycles. The molecule has 0 atom stereocenters. The summed E-state index contributed by atoms with van der Waals surface area (Å²) in [5.41, 5.74) is 2.73. The number of nitrogens with one attached hydrogen (secondary N) is 1. The van der Waals surface area contributed by atoms with Crippen LogP contribution < -0.4 is 19.7 Å². The second-order valence-corrected chi connectivity index (χ2v) is 10.3. The molecule has 1 N–H and O–H groups in total. The summed E-state index contributed by atoms with van der Waals surface area (Å²) in [6, 6.07) is 13.7. The van der Waals surface area contributed by atoms with Crippen LogP contribution in [0, 0.1) is 0 Å². The molecule has 1 saturated heterocycles. The summed E-state index contributed by atoms with van der Waals surface area (Å²) in [6.07, 6.45) is 5.44. The topological polar surface area (TPSA) is 77.1 Å². The molecule has 1 fully saturated rings. The quantitative estimate of drug-likeness (QED) is 0.158. The van der Waals surface area contributed by atoms with Crippen molar-refractivity contribution in [3.63, 3.8) is 0 Å². The Labute approximate surface area is 220 Å². The molecule has 0 bridgehead atoms. The van der Waals surface area contributed by atoms with E-state index in [1.807, 2.05) is 23.1 Å². The second-order valence-electron chi connectivity index (χ2n) is 10.3. The van der Waals surface area contributed by atoms with Gasteiger partial charge in [-0.2, -0.15) is 0 Å². The van der Waals surface area contributed by atoms with Crippen LogP contribution in [0.3, 0.4) is 0 Å². The van der Waals surface area contributed by atoms with E-state index in [0.29, 0.717) is 29.6 Å². The third kappa shape index (κ3) is 7.06. The molecule has 2 aromatic carbocycles. The van der Waals surface area contributed by atoms with E-state index < -0.39 is 5.97 Å². The van der Waals surface area contributed by atoms with Gasteiger partial charge in [-0.3, -0.25) is 4.79 Å². The Balaban J connectivity index is 2.09. The predicted molar refractivity (Wildman–Crippen MR) is 147 cm³/mol. The highest BCUT2D eigenvalue weighted by Crippen LogP contribution is 2.34. The van der Waals surface area contributed by atoms with Gasteiger partial charge < -0.3 is 24.4 Å². The molecule has 7 heteroatoms. The van der Waals surface area contributed by atoms with Crippen molar-refractivity contribution in [3.05, 3.63) is 59.4 Å². The van der Waals surface area contributed by atoms with Gasteiger partial charge in [0.05, 0.1) is 19.9 Å². The van der Waals surface area contributed by atoms with Crippen molar-refractivity contribution in [2.24, 2.45) is 0 Å². The summed E-state index contributed by atoms with van der Waals surface area (Å²) in [4.78, 5) is 27.7. The molecule has 1 aliphatic rings. The lowest BCUT2D eigenvalue weighted by Gasteiger charge is -2.30. The number of hydrogen-bond donors (Lipinski definition) is 1. The SMILES string of the molecule is CCCCCCCN(/C(Nc1ccc(OC)cc1OC)=C1\C(=O)COC1=O)c1ccc(C(C)(C)C)cc1. The fourth-order valence-electron chi connectivity index (χ4n) is 4.30. The Morgan fingerprint density at radius 1 is 0.973 bits per heavy atom. The maximum Gasteiger partial charge on any atom is 0.346 e. The number of ether oxygens (including phenoxy) is 3. The number of anilines is 2. The maximum absolute atomic E-state index is 12.9. The molecule has 0 radical (unpaired) electrons. The first-order valence-corrected chi connectivity index (χ1v) is 13.0. The Bertz CT molecular complexity index is 1100. The maximum atomic E-state index is 12.9. The second kappa shape index (κ2) is 12.7. The number of methoxy groups -OCH3 is 2. The molecular formula is C30H40N2O5. The van der Waals surface area contributed by atoms with E-state index in [2.05, 4.69) is 45.1 Å². The van der Waals surface area contributed by atoms with Crippen molar-refractivity contribution >= 4 is 23.1 Å². The highest BCUT2D eigenvalue weighted by Gasteiger charge is 2.35. The zero-order valence-electron chi connectivity index (χ0n) is 23.0. The van der Waals surface area contributed by atoms with Crippen LogP contribution in [0.2, 0.25) is 0 Å². The number of nitrogens with zero attached hydrogens (tertiary/aromatic N) is 1. The standard InChI is InChI=1S/C30H40N2O5/c1-7-8-9-10-11-18-32(22-14-12-21(13-15-22)30(2,3)4)28(27-25(33)20-37-29(27)34)31-24-17-16-23(35-5)19-26(24)36-6/h12-17,19,31H,7-11,18,20H2,1-6H3/b28-27+. The lowest BCUT2D eigenvalue weighted by atomic mass is 9.87. The van der Waals surface area contributed by atoms with Gasteiger partial charge in [0.15, 0.2) is 6.61 Å². The van der Waals surface area contributed by atoms with Crippen LogP contribution in [0.4, 0.5) is 11.4 Å². The first-order chi connectivity index (χ1) is 17.7. The van der Waals surface area contributed by atoms with Gasteiger partial charge in [-0.1, -0.05) is 65.5 Å². The van der Waals surface area contributed by atoms with E-state index in [-0.39, 0.29) is 23.4 Å². The molecule has 2 aromatic rings. The summed E-state index contributed by atoms with van der Waals surface area (Å²) in [5.74, 6) is 0.597. The molecule has 0 unspecified atom stereocenters. The summed E-state index contributed by atoms with van der Waals surface area (Å²) in [6.45, 7) is 9.08. The molecule has 0 spiro atoms. The number of hydrogen-bond acceptors (Lipinski definition) is 7. The van der Waals surface area contributed by atoms with Gasteiger partial charge >= 0.3 is 5.97 Å². The van der Waals surface area contributed by atoms with Gasteiger partial charge in [-0.25, -0.2) is 4.79 Å². The molecule has 1 aliphatic heterocycles. The Hall–Kier alpha value is -3.48. The summed E-state index contributed by atoms with van der Waals surface area (Å²) in [7, 11) is 3.16. The van der Waals surface area contributed by atoms with Crippen molar-refractivity contribution < 1.29 is 23.8 Å². The minimum absolute atomic E-state index is 0.00470. The number of cyclic esters (lactones) is 1. The predicted octanol–water partition coefficient (Wildman–Crippen LogP) is 6.23. The Morgan fingerprint density at radius 3 is 2.24 bits per heavy atom. The van der Waals surface area contributed by atoms with Crippen molar-refractivity contribution in [1.29, 1.82) is 0 Å². The third-order valence-corrected chi connectivity index (χ3v) is 6.52. The van der Waals surface area contributed by atoms with E-state index >= 15 is 0 Å². The number of Topliss-reactive ketones (excluding diaryl/α,β-unsaturated/α-hetero) is 1. The lowest BCUT2D eigenvalue weighted by molar-refractivity contribution is -0.135. The number of carbonyl (C=O) groups is 2. The van der Waals surface area contributed by atoms with Crippen LogP contribution in [-0.4, -0.2) is 39.1 Å². The van der Waals surface area contributed by atoms with Gasteiger partial charge in [0.1, 0.15) is 22.9 Å². The van der Waals surface area contributed by atoms with Crippen LogP contribution in [0.25, 0.3) is 0 Å². The zero-order valence-corrected chi connectivity index (χ0v) is 23.0. The zero-order chi connectivity index (χ0) is 27.0. The molecule has 3 rings (SSSR count). The Morgan fingerprint density at radius 2 is 1.68 bits per heavy atom. The molecule has 37 heavy (non-hydrogen) atoms. The van der Waals surface area contributed by atoms with E-state index in [9.17, 15) is 9.59 Å². The smallest absolute Gasteiger partial charge is 0.346 e. The molecule has 1 heterocycles. The lowest BCUT2D eigenvalue weighted by Crippen LogP contribution is -2.32. The first-order valence-electron chi connectivity index (χ1n) is 13.0. The third-order valence-electron chi connectivity index (χ3n) is 6.52. The van der Waals surface area contributed by atoms with Crippen molar-refractivity contribution in [2.45, 2.75) is 65.2 Å². The summed E-state index contributed by atoms with van der Waals surface area (Å²) >= 11 is 0. The van der Waals surface area contributed by atoms with Crippen molar-refractivity contribution in [1.82, 2.24) is 0 Å². The number of esters is 1. The number of benzene rings is 2. The number of ketones is 1. The number of rotatable bonds is 12. The van der Waals surface area contributed by atoms with E-state index in [4.69, 9.17) is 14.2 Å². The van der Waals surface area contributed by atoms with Gasteiger partial charge in [0.25, 0.3) is 0 Å². The van der Waals surface area contributed by atoms with Crippen LogP contribution >= 0.6 is 0 Å². The average Bonchev–Trinajstić information content (AvgIpc) is 3.22. The fourth-order valence-corrected chi connectivity index (χ4v) is 4.30. The van der Waals surface area contributed by atoms with Gasteiger partial charge in [0.2, 0.25) is 5.78 Å². The molecule has 0 aromatic heterocycles. The van der Waals surface area contributed by atoms with Gasteiger partial charge in [0, 0.05) is 18.3 Å². The minimum atomic E-state index is -0.623. The molecule has 0 saturated carbocycles. The van der Waals surface area contributed by atoms with E-state index in [0.717, 1.165) is 31.4 Å².